The third kappa shape index (κ3) is 8.11. The van der Waals surface area contributed by atoms with E-state index < -0.39 is 35.1 Å². The van der Waals surface area contributed by atoms with Gasteiger partial charge < -0.3 is 10.6 Å². The van der Waals surface area contributed by atoms with Crippen molar-refractivity contribution in [3.8, 4) is 0 Å². The fourth-order valence-corrected chi connectivity index (χ4v) is 5.47. The lowest BCUT2D eigenvalue weighted by Crippen LogP contribution is -2.16. The largest absolute Gasteiger partial charge is 0.300 e. The summed E-state index contributed by atoms with van der Waals surface area (Å²) in [6.07, 6.45) is 5.10. The molecule has 0 aliphatic heterocycles. The van der Waals surface area contributed by atoms with E-state index in [1.807, 2.05) is 0 Å². The first-order valence-corrected chi connectivity index (χ1v) is 14.0. The minimum absolute atomic E-state index is 0.234. The van der Waals surface area contributed by atoms with E-state index in [0.29, 0.717) is 16.2 Å². The van der Waals surface area contributed by atoms with Gasteiger partial charge in [0, 0.05) is 17.0 Å². The SMILES string of the molecule is O=C(Cc1c(F)cccc1F)Nc1nnc(C2CCCCC2)s1.O=C(Cc1c(F)cccc1F)Nc1nncs1. The average molecular weight is 593 g/mol. The van der Waals surface area contributed by atoms with Crippen LogP contribution in [0.1, 0.15) is 54.2 Å². The Balaban J connectivity index is 0.000000194. The van der Waals surface area contributed by atoms with E-state index in [1.54, 1.807) is 0 Å². The summed E-state index contributed by atoms with van der Waals surface area (Å²) in [7, 11) is 0. The van der Waals surface area contributed by atoms with Gasteiger partial charge in [0.15, 0.2) is 0 Å². The van der Waals surface area contributed by atoms with Gasteiger partial charge in [0.25, 0.3) is 0 Å². The topological polar surface area (TPSA) is 110 Å². The summed E-state index contributed by atoms with van der Waals surface area (Å²) >= 11 is 2.47. The van der Waals surface area contributed by atoms with Crippen molar-refractivity contribution in [2.45, 2.75) is 50.9 Å². The number of hydrogen-bond acceptors (Lipinski definition) is 8. The highest BCUT2D eigenvalue weighted by molar-refractivity contribution is 7.15. The quantitative estimate of drug-likeness (QED) is 0.253. The number of amides is 2. The smallest absolute Gasteiger partial charge is 0.230 e. The van der Waals surface area contributed by atoms with Crippen molar-refractivity contribution >= 4 is 44.8 Å². The molecule has 40 heavy (non-hydrogen) atoms. The van der Waals surface area contributed by atoms with Gasteiger partial charge in [-0.2, -0.15) is 0 Å². The molecule has 210 valence electrons. The van der Waals surface area contributed by atoms with Gasteiger partial charge >= 0.3 is 0 Å². The summed E-state index contributed by atoms with van der Waals surface area (Å²) in [6.45, 7) is 0. The number of carbonyl (C=O) groups excluding carboxylic acids is 2. The molecule has 1 aliphatic rings. The first kappa shape index (κ1) is 29.2. The molecule has 0 saturated heterocycles. The number of aromatic nitrogens is 4. The van der Waals surface area contributed by atoms with Crippen molar-refractivity contribution in [2.75, 3.05) is 10.6 Å². The molecule has 0 spiro atoms. The van der Waals surface area contributed by atoms with Crippen molar-refractivity contribution in [3.63, 3.8) is 0 Å². The number of hydrogen-bond donors (Lipinski definition) is 2. The van der Waals surface area contributed by atoms with Gasteiger partial charge in [-0.25, -0.2) is 17.6 Å². The highest BCUT2D eigenvalue weighted by Gasteiger charge is 2.21. The zero-order valence-corrected chi connectivity index (χ0v) is 22.6. The number of halogens is 4. The summed E-state index contributed by atoms with van der Waals surface area (Å²) in [5.74, 6) is -3.54. The zero-order chi connectivity index (χ0) is 28.5. The standard InChI is InChI=1S/C16H17F2N3OS.C10H7F2N3OS/c17-12-7-4-8-13(18)11(12)9-14(22)19-16-21-20-15(23-16)10-5-2-1-3-6-10;11-7-2-1-3-8(12)6(7)4-9(16)14-10-15-13-5-17-10/h4,7-8,10H,1-3,5-6,9H2,(H,19,21,22);1-3,5H,4H2,(H,14,15,16). The summed E-state index contributed by atoms with van der Waals surface area (Å²) in [5, 5.41) is 21.8. The summed E-state index contributed by atoms with van der Waals surface area (Å²) in [4.78, 5) is 23.4. The van der Waals surface area contributed by atoms with Crippen LogP contribution in [0.4, 0.5) is 27.8 Å². The number of nitrogens with one attached hydrogen (secondary N) is 2. The number of nitrogens with zero attached hydrogens (tertiary/aromatic N) is 4. The molecule has 5 rings (SSSR count). The Morgan fingerprint density at radius 1 is 0.750 bits per heavy atom. The van der Waals surface area contributed by atoms with E-state index in [9.17, 15) is 27.2 Å². The molecule has 4 aromatic rings. The Morgan fingerprint density at radius 3 is 1.77 bits per heavy atom. The lowest BCUT2D eigenvalue weighted by Gasteiger charge is -2.18. The van der Waals surface area contributed by atoms with Crippen LogP contribution in [0.5, 0.6) is 0 Å². The van der Waals surface area contributed by atoms with E-state index in [1.165, 1.54) is 48.2 Å². The molecule has 2 heterocycles. The summed E-state index contributed by atoms with van der Waals surface area (Å²) < 4.78 is 53.6. The predicted molar refractivity (Wildman–Crippen MR) is 143 cm³/mol. The molecule has 0 radical (unpaired) electrons. The van der Waals surface area contributed by atoms with Crippen LogP contribution >= 0.6 is 22.7 Å². The fraction of sp³-hybridized carbons (Fsp3) is 0.308. The molecule has 0 bridgehead atoms. The van der Waals surface area contributed by atoms with Crippen LogP contribution in [0.15, 0.2) is 41.9 Å². The van der Waals surface area contributed by atoms with Crippen molar-refractivity contribution in [1.29, 1.82) is 0 Å². The molecule has 0 unspecified atom stereocenters. The molecule has 0 atom stereocenters. The Labute approximate surface area is 234 Å². The van der Waals surface area contributed by atoms with Crippen molar-refractivity contribution in [1.82, 2.24) is 20.4 Å². The van der Waals surface area contributed by atoms with Gasteiger partial charge in [-0.1, -0.05) is 54.1 Å². The van der Waals surface area contributed by atoms with Crippen molar-refractivity contribution < 1.29 is 27.2 Å². The van der Waals surface area contributed by atoms with Crippen LogP contribution in [-0.2, 0) is 22.4 Å². The molecule has 1 fully saturated rings. The van der Waals surface area contributed by atoms with E-state index in [-0.39, 0.29) is 24.0 Å². The monoisotopic (exact) mass is 592 g/mol. The van der Waals surface area contributed by atoms with Gasteiger partial charge in [-0.15, -0.1) is 20.4 Å². The van der Waals surface area contributed by atoms with Crippen LogP contribution in [0.3, 0.4) is 0 Å². The minimum atomic E-state index is -0.739. The molecule has 14 heteroatoms. The molecule has 2 aromatic carbocycles. The Bertz CT molecular complexity index is 1400. The lowest BCUT2D eigenvalue weighted by molar-refractivity contribution is -0.116. The van der Waals surface area contributed by atoms with Crippen molar-refractivity contribution in [3.05, 3.63) is 81.3 Å². The van der Waals surface area contributed by atoms with Gasteiger partial charge in [0.1, 0.15) is 33.8 Å². The van der Waals surface area contributed by atoms with Crippen LogP contribution in [0, 0.1) is 23.3 Å². The van der Waals surface area contributed by atoms with E-state index in [2.05, 4.69) is 31.0 Å². The first-order chi connectivity index (χ1) is 19.3. The number of benzene rings is 2. The second-order valence-corrected chi connectivity index (χ2v) is 10.7. The van der Waals surface area contributed by atoms with Gasteiger partial charge in [0.05, 0.1) is 12.8 Å². The second kappa shape index (κ2) is 14.0. The minimum Gasteiger partial charge on any atom is -0.300 e. The third-order valence-corrected chi connectivity index (χ3v) is 7.65. The van der Waals surface area contributed by atoms with E-state index in [4.69, 9.17) is 0 Å². The Kier molecular flexibility index (Phi) is 10.2. The normalized spacial score (nSPS) is 13.3. The van der Waals surface area contributed by atoms with Crippen LogP contribution in [0.2, 0.25) is 0 Å². The first-order valence-electron chi connectivity index (χ1n) is 12.3. The summed E-state index contributed by atoms with van der Waals surface area (Å²) in [5.41, 5.74) is 0.954. The third-order valence-electron chi connectivity index (χ3n) is 6.05. The molecule has 2 N–H and O–H groups in total. The number of anilines is 2. The van der Waals surface area contributed by atoms with E-state index in [0.717, 1.165) is 53.5 Å². The Morgan fingerprint density at radius 2 is 1.27 bits per heavy atom. The molecular formula is C26H24F4N6O2S2. The van der Waals surface area contributed by atoms with Crippen LogP contribution in [-0.4, -0.2) is 32.2 Å². The molecule has 2 aromatic heterocycles. The maximum Gasteiger partial charge on any atom is 0.230 e. The number of carbonyl (C=O) groups is 2. The molecule has 2 amide bonds. The second-order valence-electron chi connectivity index (χ2n) is 8.87. The highest BCUT2D eigenvalue weighted by Crippen LogP contribution is 2.35. The molecule has 1 aliphatic carbocycles. The van der Waals surface area contributed by atoms with Gasteiger partial charge in [-0.05, 0) is 37.1 Å². The Hall–Kier alpha value is -3.78. The van der Waals surface area contributed by atoms with Crippen LogP contribution < -0.4 is 10.6 Å². The maximum atomic E-state index is 13.6. The van der Waals surface area contributed by atoms with Gasteiger partial charge in [0.2, 0.25) is 22.1 Å². The maximum absolute atomic E-state index is 13.6. The summed E-state index contributed by atoms with van der Waals surface area (Å²) in [6, 6.07) is 7.01. The van der Waals surface area contributed by atoms with Crippen LogP contribution in [0.25, 0.3) is 0 Å². The fourth-order valence-electron chi connectivity index (χ4n) is 4.08. The lowest BCUT2D eigenvalue weighted by atomic mass is 9.90. The van der Waals surface area contributed by atoms with E-state index >= 15 is 0 Å². The average Bonchev–Trinajstić information content (AvgIpc) is 3.62. The van der Waals surface area contributed by atoms with Crippen molar-refractivity contribution in [2.24, 2.45) is 0 Å². The number of rotatable bonds is 7. The molecule has 1 saturated carbocycles. The molecular weight excluding hydrogens is 568 g/mol. The zero-order valence-electron chi connectivity index (χ0n) is 21.0. The highest BCUT2D eigenvalue weighted by atomic mass is 32.1. The predicted octanol–water partition coefficient (Wildman–Crippen LogP) is 6.04. The van der Waals surface area contributed by atoms with Gasteiger partial charge in [-0.3, -0.25) is 9.59 Å². The molecule has 8 nitrogen and oxygen atoms in total.